The lowest BCUT2D eigenvalue weighted by atomic mass is 10.1. The van der Waals surface area contributed by atoms with Gasteiger partial charge in [0.1, 0.15) is 5.69 Å². The summed E-state index contributed by atoms with van der Waals surface area (Å²) in [5.41, 5.74) is 5.31. The highest BCUT2D eigenvalue weighted by Crippen LogP contribution is 2.28. The molecule has 1 aromatic carbocycles. The lowest BCUT2D eigenvalue weighted by Crippen LogP contribution is -2.48. The van der Waals surface area contributed by atoms with Crippen LogP contribution in [0.25, 0.3) is 0 Å². The first-order valence-corrected chi connectivity index (χ1v) is 5.77. The fourth-order valence-electron chi connectivity index (χ4n) is 2.22. The summed E-state index contributed by atoms with van der Waals surface area (Å²) in [4.78, 5) is 1.54. The van der Waals surface area contributed by atoms with Crippen LogP contribution < -0.4 is 10.6 Å². The molecule has 2 rings (SSSR count). The van der Waals surface area contributed by atoms with E-state index in [9.17, 15) is 8.78 Å². The summed E-state index contributed by atoms with van der Waals surface area (Å²) in [5, 5.41) is 9.10. The number of hydrogen-bond acceptors (Lipinski definition) is 4. The summed E-state index contributed by atoms with van der Waals surface area (Å²) >= 11 is 0. The number of nitrogen functional groups attached to an aromatic ring is 1. The lowest BCUT2D eigenvalue weighted by Gasteiger charge is -2.37. The Labute approximate surface area is 104 Å². The fourth-order valence-corrected chi connectivity index (χ4v) is 2.22. The molecule has 0 amide bonds. The minimum atomic E-state index is -0.696. The molecule has 1 heterocycles. The highest BCUT2D eigenvalue weighted by molar-refractivity contribution is 5.56. The number of aliphatic hydroxyl groups is 1. The molecule has 0 aromatic heterocycles. The van der Waals surface area contributed by atoms with Gasteiger partial charge < -0.3 is 20.5 Å². The average molecular weight is 258 g/mol. The molecule has 1 saturated heterocycles. The standard InChI is InChI=1S/C12H16F2N2O2/c1-7-4-16(5-9(6-17)18-7)12-10(13)2-8(15)3-11(12)14/h2-3,7,9,17H,4-6,15H2,1H3. The van der Waals surface area contributed by atoms with Crippen molar-refractivity contribution in [2.45, 2.75) is 19.1 Å². The maximum Gasteiger partial charge on any atom is 0.151 e. The molecular weight excluding hydrogens is 242 g/mol. The van der Waals surface area contributed by atoms with Gasteiger partial charge in [0.05, 0.1) is 18.8 Å². The molecule has 6 heteroatoms. The van der Waals surface area contributed by atoms with Crippen molar-refractivity contribution in [2.24, 2.45) is 0 Å². The van der Waals surface area contributed by atoms with Gasteiger partial charge in [-0.1, -0.05) is 0 Å². The number of ether oxygens (including phenoxy) is 1. The Morgan fingerprint density at radius 2 is 2.00 bits per heavy atom. The molecule has 0 spiro atoms. The monoisotopic (exact) mass is 258 g/mol. The van der Waals surface area contributed by atoms with Gasteiger partial charge in [-0.25, -0.2) is 8.78 Å². The van der Waals surface area contributed by atoms with Crippen LogP contribution in [0.2, 0.25) is 0 Å². The quantitative estimate of drug-likeness (QED) is 0.781. The van der Waals surface area contributed by atoms with Gasteiger partial charge in [-0.3, -0.25) is 0 Å². The molecular formula is C12H16F2N2O2. The zero-order chi connectivity index (χ0) is 13.3. The van der Waals surface area contributed by atoms with Gasteiger partial charge in [-0.2, -0.15) is 0 Å². The van der Waals surface area contributed by atoms with Crippen molar-refractivity contribution >= 4 is 11.4 Å². The van der Waals surface area contributed by atoms with Crippen molar-refractivity contribution in [3.8, 4) is 0 Å². The maximum atomic E-state index is 13.8. The molecule has 0 bridgehead atoms. The number of morpholine rings is 1. The van der Waals surface area contributed by atoms with E-state index in [-0.39, 0.29) is 30.6 Å². The zero-order valence-electron chi connectivity index (χ0n) is 10.1. The normalized spacial score (nSPS) is 24.3. The van der Waals surface area contributed by atoms with Crippen LogP contribution in [-0.4, -0.2) is 37.0 Å². The van der Waals surface area contributed by atoms with Crippen LogP contribution in [0.3, 0.4) is 0 Å². The summed E-state index contributed by atoms with van der Waals surface area (Å²) in [5.74, 6) is -1.39. The van der Waals surface area contributed by atoms with E-state index in [4.69, 9.17) is 15.6 Å². The molecule has 3 N–H and O–H groups in total. The smallest absolute Gasteiger partial charge is 0.151 e. The van der Waals surface area contributed by atoms with Crippen LogP contribution in [0.1, 0.15) is 6.92 Å². The van der Waals surface area contributed by atoms with Crippen molar-refractivity contribution in [3.05, 3.63) is 23.8 Å². The van der Waals surface area contributed by atoms with E-state index >= 15 is 0 Å². The molecule has 0 radical (unpaired) electrons. The first-order valence-electron chi connectivity index (χ1n) is 5.77. The second-order valence-electron chi connectivity index (χ2n) is 4.49. The zero-order valence-corrected chi connectivity index (χ0v) is 10.1. The molecule has 18 heavy (non-hydrogen) atoms. The molecule has 100 valence electrons. The van der Waals surface area contributed by atoms with E-state index in [1.54, 1.807) is 11.8 Å². The Morgan fingerprint density at radius 3 is 2.56 bits per heavy atom. The number of nitrogens with zero attached hydrogens (tertiary/aromatic N) is 1. The molecule has 0 aliphatic carbocycles. The predicted octanol–water partition coefficient (Wildman–Crippen LogP) is 1.13. The summed E-state index contributed by atoms with van der Waals surface area (Å²) < 4.78 is 33.0. The third kappa shape index (κ3) is 2.54. The Bertz CT molecular complexity index is 419. The Hall–Kier alpha value is -1.40. The number of hydrogen-bond donors (Lipinski definition) is 2. The van der Waals surface area contributed by atoms with Crippen molar-refractivity contribution < 1.29 is 18.6 Å². The largest absolute Gasteiger partial charge is 0.399 e. The van der Waals surface area contributed by atoms with Crippen molar-refractivity contribution in [2.75, 3.05) is 30.3 Å². The van der Waals surface area contributed by atoms with Crippen LogP contribution >= 0.6 is 0 Å². The van der Waals surface area contributed by atoms with E-state index in [2.05, 4.69) is 0 Å². The minimum absolute atomic E-state index is 0.0498. The van der Waals surface area contributed by atoms with Gasteiger partial charge in [-0.15, -0.1) is 0 Å². The SMILES string of the molecule is CC1CN(c2c(F)cc(N)cc2F)CC(CO)O1. The first kappa shape index (κ1) is 13.0. The molecule has 1 aromatic rings. The number of rotatable bonds is 2. The molecule has 2 unspecified atom stereocenters. The number of nitrogens with two attached hydrogens (primary N) is 1. The number of benzene rings is 1. The number of anilines is 2. The Morgan fingerprint density at radius 1 is 1.39 bits per heavy atom. The second kappa shape index (κ2) is 5.07. The highest BCUT2D eigenvalue weighted by atomic mass is 19.1. The van der Waals surface area contributed by atoms with Crippen molar-refractivity contribution in [3.63, 3.8) is 0 Å². The summed E-state index contributed by atoms with van der Waals surface area (Å²) in [6.45, 7) is 2.23. The first-order chi connectivity index (χ1) is 8.51. The highest BCUT2D eigenvalue weighted by Gasteiger charge is 2.28. The number of halogens is 2. The van der Waals surface area contributed by atoms with Gasteiger partial charge in [0.2, 0.25) is 0 Å². The molecule has 2 atom stereocenters. The van der Waals surface area contributed by atoms with E-state index < -0.39 is 17.7 Å². The molecule has 0 saturated carbocycles. The molecule has 1 fully saturated rings. The van der Waals surface area contributed by atoms with Gasteiger partial charge in [0, 0.05) is 18.8 Å². The second-order valence-corrected chi connectivity index (χ2v) is 4.49. The Balaban J connectivity index is 2.30. The fraction of sp³-hybridized carbons (Fsp3) is 0.500. The third-order valence-corrected chi connectivity index (χ3v) is 2.89. The van der Waals surface area contributed by atoms with E-state index in [0.29, 0.717) is 6.54 Å². The predicted molar refractivity (Wildman–Crippen MR) is 64.4 cm³/mol. The minimum Gasteiger partial charge on any atom is -0.399 e. The van der Waals surface area contributed by atoms with Crippen LogP contribution in [0.5, 0.6) is 0 Å². The summed E-state index contributed by atoms with van der Waals surface area (Å²) in [7, 11) is 0. The van der Waals surface area contributed by atoms with E-state index in [1.165, 1.54) is 0 Å². The Kier molecular flexibility index (Phi) is 3.68. The van der Waals surface area contributed by atoms with Crippen LogP contribution in [0.15, 0.2) is 12.1 Å². The van der Waals surface area contributed by atoms with Gasteiger partial charge >= 0.3 is 0 Å². The maximum absolute atomic E-state index is 13.8. The van der Waals surface area contributed by atoms with E-state index in [0.717, 1.165) is 12.1 Å². The van der Waals surface area contributed by atoms with Gasteiger partial charge in [0.15, 0.2) is 11.6 Å². The lowest BCUT2D eigenvalue weighted by molar-refractivity contribution is -0.0423. The summed E-state index contributed by atoms with van der Waals surface area (Å²) in [6.07, 6.45) is -0.641. The van der Waals surface area contributed by atoms with Crippen LogP contribution in [-0.2, 0) is 4.74 Å². The van der Waals surface area contributed by atoms with E-state index in [1.807, 2.05) is 0 Å². The average Bonchev–Trinajstić information content (AvgIpc) is 2.26. The van der Waals surface area contributed by atoms with Crippen molar-refractivity contribution in [1.82, 2.24) is 0 Å². The molecule has 4 nitrogen and oxygen atoms in total. The van der Waals surface area contributed by atoms with Crippen molar-refractivity contribution in [1.29, 1.82) is 0 Å². The molecule has 1 aliphatic heterocycles. The number of aliphatic hydroxyl groups excluding tert-OH is 1. The van der Waals surface area contributed by atoms with Gasteiger partial charge in [0.25, 0.3) is 0 Å². The third-order valence-electron chi connectivity index (χ3n) is 2.89. The topological polar surface area (TPSA) is 58.7 Å². The molecule has 1 aliphatic rings. The van der Waals surface area contributed by atoms with Gasteiger partial charge in [-0.05, 0) is 19.1 Å². The van der Waals surface area contributed by atoms with Crippen LogP contribution in [0.4, 0.5) is 20.2 Å². The van der Waals surface area contributed by atoms with Crippen LogP contribution in [0, 0.1) is 11.6 Å². The summed E-state index contributed by atoms with van der Waals surface area (Å²) in [6, 6.07) is 2.18.